The number of fused-ring (bicyclic) bond motifs is 1. The fourth-order valence-electron chi connectivity index (χ4n) is 2.44. The first-order valence-electron chi connectivity index (χ1n) is 7.04. The quantitative estimate of drug-likeness (QED) is 0.744. The molecule has 2 aliphatic rings. The number of likely N-dealkylation sites (N-methyl/N-ethyl adjacent to an activating group) is 1. The third-order valence-corrected chi connectivity index (χ3v) is 4.84. The van der Waals surface area contributed by atoms with Gasteiger partial charge in [0.1, 0.15) is 6.17 Å². The minimum Gasteiger partial charge on any atom is -0.342 e. The summed E-state index contributed by atoms with van der Waals surface area (Å²) in [5.74, 6) is -0.0447. The number of hydrogen-bond donors (Lipinski definition) is 3. The third kappa shape index (κ3) is 3.60. The number of aliphatic imine (C=N–C) groups is 1. The van der Waals surface area contributed by atoms with E-state index in [1.807, 2.05) is 11.9 Å². The van der Waals surface area contributed by atoms with Crippen molar-refractivity contribution >= 4 is 46.0 Å². The number of halogens is 1. The molecule has 0 aliphatic carbocycles. The molecule has 1 aromatic carbocycles. The number of nitrogens with one attached hydrogen (secondary N) is 3. The Hall–Kier alpha value is -1.77. The van der Waals surface area contributed by atoms with E-state index >= 15 is 0 Å². The van der Waals surface area contributed by atoms with Crippen LogP contribution in [-0.2, 0) is 9.59 Å². The maximum atomic E-state index is 12.0. The van der Waals surface area contributed by atoms with E-state index < -0.39 is 6.04 Å². The summed E-state index contributed by atoms with van der Waals surface area (Å²) < 4.78 is 0. The Kier molecular flexibility index (Phi) is 4.74. The maximum absolute atomic E-state index is 12.0. The SMILES string of the molecule is CN1C(SCC(=O)Nc2cccc(Cl)c2)=NC2C(=O)NCNC21. The number of hydrogen-bond acceptors (Lipinski definition) is 6. The molecule has 122 valence electrons. The molecular formula is C14H16ClN5O2S. The summed E-state index contributed by atoms with van der Waals surface area (Å²) in [6.07, 6.45) is -0.151. The molecule has 3 rings (SSSR count). The van der Waals surface area contributed by atoms with Crippen LogP contribution in [0.2, 0.25) is 5.02 Å². The predicted octanol–water partition coefficient (Wildman–Crippen LogP) is 0.685. The molecule has 1 fully saturated rings. The molecule has 0 radical (unpaired) electrons. The summed E-state index contributed by atoms with van der Waals surface area (Å²) in [5.41, 5.74) is 0.652. The number of anilines is 1. The molecule has 2 heterocycles. The van der Waals surface area contributed by atoms with Gasteiger partial charge < -0.3 is 15.5 Å². The highest BCUT2D eigenvalue weighted by molar-refractivity contribution is 8.14. The fraction of sp³-hybridized carbons (Fsp3) is 0.357. The van der Waals surface area contributed by atoms with Crippen molar-refractivity contribution in [1.82, 2.24) is 15.5 Å². The second kappa shape index (κ2) is 6.77. The minimum atomic E-state index is -0.466. The number of benzene rings is 1. The number of amidine groups is 1. The highest BCUT2D eigenvalue weighted by atomic mass is 35.5. The van der Waals surface area contributed by atoms with Gasteiger partial charge in [-0.15, -0.1) is 0 Å². The monoisotopic (exact) mass is 353 g/mol. The lowest BCUT2D eigenvalue weighted by molar-refractivity contribution is -0.125. The summed E-state index contributed by atoms with van der Waals surface area (Å²) in [4.78, 5) is 30.1. The molecule has 23 heavy (non-hydrogen) atoms. The van der Waals surface area contributed by atoms with Crippen molar-refractivity contribution in [3.8, 4) is 0 Å². The molecule has 0 saturated carbocycles. The van der Waals surface area contributed by atoms with E-state index in [-0.39, 0.29) is 23.7 Å². The highest BCUT2D eigenvalue weighted by Crippen LogP contribution is 2.23. The molecule has 1 saturated heterocycles. The van der Waals surface area contributed by atoms with Crippen molar-refractivity contribution in [1.29, 1.82) is 0 Å². The Labute approximate surface area is 142 Å². The van der Waals surface area contributed by atoms with Gasteiger partial charge in [-0.2, -0.15) is 0 Å². The summed E-state index contributed by atoms with van der Waals surface area (Å²) in [5, 5.41) is 9.91. The molecule has 2 amide bonds. The first-order valence-corrected chi connectivity index (χ1v) is 8.41. The van der Waals surface area contributed by atoms with Gasteiger partial charge in [0.25, 0.3) is 0 Å². The van der Waals surface area contributed by atoms with E-state index in [1.165, 1.54) is 11.8 Å². The van der Waals surface area contributed by atoms with Crippen molar-refractivity contribution in [2.75, 3.05) is 24.8 Å². The molecule has 9 heteroatoms. The van der Waals surface area contributed by atoms with Crippen LogP contribution in [0, 0.1) is 0 Å². The van der Waals surface area contributed by atoms with Gasteiger partial charge in [0.2, 0.25) is 11.8 Å². The van der Waals surface area contributed by atoms with Crippen LogP contribution in [0.15, 0.2) is 29.3 Å². The van der Waals surface area contributed by atoms with Gasteiger partial charge in [-0.05, 0) is 18.2 Å². The number of carbonyl (C=O) groups is 2. The predicted molar refractivity (Wildman–Crippen MR) is 91.5 cm³/mol. The molecular weight excluding hydrogens is 338 g/mol. The van der Waals surface area contributed by atoms with Gasteiger partial charge in [-0.3, -0.25) is 14.9 Å². The Balaban J connectivity index is 1.56. The zero-order valence-electron chi connectivity index (χ0n) is 12.4. The van der Waals surface area contributed by atoms with Crippen LogP contribution < -0.4 is 16.0 Å². The van der Waals surface area contributed by atoms with Crippen molar-refractivity contribution < 1.29 is 9.59 Å². The second-order valence-electron chi connectivity index (χ2n) is 5.18. The summed E-state index contributed by atoms with van der Waals surface area (Å²) in [6, 6.07) is 6.51. The number of carbonyl (C=O) groups excluding carboxylic acids is 2. The average molecular weight is 354 g/mol. The normalized spacial score (nSPS) is 23.1. The first-order chi connectivity index (χ1) is 11.0. The topological polar surface area (TPSA) is 85.8 Å². The lowest BCUT2D eigenvalue weighted by atomic mass is 10.2. The minimum absolute atomic E-state index is 0.0976. The van der Waals surface area contributed by atoms with Crippen molar-refractivity contribution in [2.24, 2.45) is 4.99 Å². The Bertz CT molecular complexity index is 668. The zero-order chi connectivity index (χ0) is 16.4. The molecule has 3 N–H and O–H groups in total. The van der Waals surface area contributed by atoms with Crippen LogP contribution in [-0.4, -0.2) is 53.6 Å². The molecule has 7 nitrogen and oxygen atoms in total. The molecule has 1 aromatic rings. The first kappa shape index (κ1) is 16.1. The van der Waals surface area contributed by atoms with Gasteiger partial charge in [0.15, 0.2) is 11.2 Å². The average Bonchev–Trinajstić information content (AvgIpc) is 2.84. The van der Waals surface area contributed by atoms with E-state index in [2.05, 4.69) is 20.9 Å². The number of rotatable bonds is 3. The lowest BCUT2D eigenvalue weighted by Gasteiger charge is -2.30. The molecule has 2 atom stereocenters. The van der Waals surface area contributed by atoms with Crippen LogP contribution in [0.5, 0.6) is 0 Å². The van der Waals surface area contributed by atoms with E-state index in [4.69, 9.17) is 11.6 Å². The lowest BCUT2D eigenvalue weighted by Crippen LogP contribution is -2.60. The Morgan fingerprint density at radius 3 is 3.13 bits per heavy atom. The van der Waals surface area contributed by atoms with Crippen molar-refractivity contribution in [3.05, 3.63) is 29.3 Å². The highest BCUT2D eigenvalue weighted by Gasteiger charge is 2.40. The van der Waals surface area contributed by atoms with Gasteiger partial charge in [-0.25, -0.2) is 4.99 Å². The molecule has 0 spiro atoms. The Morgan fingerprint density at radius 1 is 1.57 bits per heavy atom. The van der Waals surface area contributed by atoms with Crippen molar-refractivity contribution in [3.63, 3.8) is 0 Å². The van der Waals surface area contributed by atoms with Gasteiger partial charge >= 0.3 is 0 Å². The largest absolute Gasteiger partial charge is 0.342 e. The summed E-state index contributed by atoms with van der Waals surface area (Å²) in [6.45, 7) is 0.424. The summed E-state index contributed by atoms with van der Waals surface area (Å²) >= 11 is 7.19. The van der Waals surface area contributed by atoms with Crippen LogP contribution in [0.25, 0.3) is 0 Å². The molecule has 0 bridgehead atoms. The number of thioether (sulfide) groups is 1. The standard InChI is InChI=1S/C14H16ClN5O2S/c1-20-12-11(13(22)17-7-16-12)19-14(20)23-6-10(21)18-9-4-2-3-8(15)5-9/h2-5,11-12,16H,6-7H2,1H3,(H,17,22)(H,18,21). The van der Waals surface area contributed by atoms with Gasteiger partial charge in [-0.1, -0.05) is 29.4 Å². The molecule has 2 unspecified atom stereocenters. The van der Waals surface area contributed by atoms with Crippen LogP contribution >= 0.6 is 23.4 Å². The Morgan fingerprint density at radius 2 is 2.39 bits per heavy atom. The molecule has 0 aromatic heterocycles. The number of amides is 2. The maximum Gasteiger partial charge on any atom is 0.249 e. The smallest absolute Gasteiger partial charge is 0.249 e. The van der Waals surface area contributed by atoms with Gasteiger partial charge in [0.05, 0.1) is 12.4 Å². The second-order valence-corrected chi connectivity index (χ2v) is 6.56. The van der Waals surface area contributed by atoms with Crippen LogP contribution in [0.1, 0.15) is 0 Å². The third-order valence-electron chi connectivity index (χ3n) is 3.55. The van der Waals surface area contributed by atoms with E-state index in [0.29, 0.717) is 22.5 Å². The van der Waals surface area contributed by atoms with Crippen LogP contribution in [0.3, 0.4) is 0 Å². The molecule has 2 aliphatic heterocycles. The van der Waals surface area contributed by atoms with E-state index in [0.717, 1.165) is 0 Å². The van der Waals surface area contributed by atoms with Gasteiger partial charge in [0, 0.05) is 17.8 Å². The summed E-state index contributed by atoms with van der Waals surface area (Å²) in [7, 11) is 1.86. The van der Waals surface area contributed by atoms with E-state index in [1.54, 1.807) is 24.3 Å². The van der Waals surface area contributed by atoms with E-state index in [9.17, 15) is 9.59 Å². The van der Waals surface area contributed by atoms with Crippen molar-refractivity contribution in [2.45, 2.75) is 12.2 Å². The van der Waals surface area contributed by atoms with Crippen LogP contribution in [0.4, 0.5) is 5.69 Å². The fourth-order valence-corrected chi connectivity index (χ4v) is 3.47. The zero-order valence-corrected chi connectivity index (χ0v) is 13.9. The number of nitrogens with zero attached hydrogens (tertiary/aromatic N) is 2.